The molecule has 1 aromatic heterocycles. The number of aliphatic hydroxyl groups excluding tert-OH is 1. The molecule has 2 rings (SSSR count). The van der Waals surface area contributed by atoms with Gasteiger partial charge in [-0.15, -0.1) is 0 Å². The van der Waals surface area contributed by atoms with Gasteiger partial charge >= 0.3 is 0 Å². The van der Waals surface area contributed by atoms with Gasteiger partial charge in [-0.1, -0.05) is 42.5 Å². The highest BCUT2D eigenvalue weighted by Crippen LogP contribution is 2.10. The zero-order valence-electron chi connectivity index (χ0n) is 8.88. The van der Waals surface area contributed by atoms with Crippen molar-refractivity contribution in [2.75, 3.05) is 0 Å². The molecule has 0 aliphatic rings. The molecular formula is C14H13NO. The van der Waals surface area contributed by atoms with Gasteiger partial charge in [-0.25, -0.2) is 0 Å². The molecule has 0 spiro atoms. The van der Waals surface area contributed by atoms with E-state index < -0.39 is 0 Å². The highest BCUT2D eigenvalue weighted by Gasteiger charge is 1.96. The van der Waals surface area contributed by atoms with Crippen molar-refractivity contribution in [2.24, 2.45) is 0 Å². The number of rotatable bonds is 3. The van der Waals surface area contributed by atoms with E-state index >= 15 is 0 Å². The van der Waals surface area contributed by atoms with E-state index in [0.29, 0.717) is 0 Å². The van der Waals surface area contributed by atoms with Crippen LogP contribution in [-0.4, -0.2) is 10.1 Å². The van der Waals surface area contributed by atoms with Crippen LogP contribution in [0.4, 0.5) is 0 Å². The van der Waals surface area contributed by atoms with Crippen LogP contribution in [0.3, 0.4) is 0 Å². The Morgan fingerprint density at radius 1 is 1.00 bits per heavy atom. The molecule has 0 fully saturated rings. The Labute approximate surface area is 94.9 Å². The molecule has 2 aromatic rings. The molecule has 0 unspecified atom stereocenters. The van der Waals surface area contributed by atoms with Crippen LogP contribution < -0.4 is 0 Å². The summed E-state index contributed by atoms with van der Waals surface area (Å²) in [5, 5.41) is 9.14. The lowest BCUT2D eigenvalue weighted by Gasteiger charge is -2.00. The van der Waals surface area contributed by atoms with Gasteiger partial charge in [0.15, 0.2) is 0 Å². The molecule has 0 atom stereocenters. The average molecular weight is 211 g/mol. The van der Waals surface area contributed by atoms with Gasteiger partial charge in [-0.2, -0.15) is 0 Å². The Morgan fingerprint density at radius 3 is 2.56 bits per heavy atom. The predicted octanol–water partition coefficient (Wildman–Crippen LogP) is 2.74. The molecule has 16 heavy (non-hydrogen) atoms. The van der Waals surface area contributed by atoms with E-state index in [1.54, 1.807) is 6.20 Å². The van der Waals surface area contributed by atoms with Crippen LogP contribution in [-0.2, 0) is 6.61 Å². The minimum Gasteiger partial charge on any atom is -0.392 e. The van der Waals surface area contributed by atoms with Crippen LogP contribution in [0.15, 0.2) is 48.7 Å². The lowest BCUT2D eigenvalue weighted by atomic mass is 10.1. The summed E-state index contributed by atoms with van der Waals surface area (Å²) in [6.45, 7) is 0.0162. The lowest BCUT2D eigenvalue weighted by Crippen LogP contribution is -1.90. The number of aliphatic hydroxyl groups is 1. The van der Waals surface area contributed by atoms with Crippen molar-refractivity contribution in [1.82, 2.24) is 4.98 Å². The van der Waals surface area contributed by atoms with E-state index in [1.807, 2.05) is 54.6 Å². The third-order valence-corrected chi connectivity index (χ3v) is 2.33. The molecule has 0 aliphatic carbocycles. The third-order valence-electron chi connectivity index (χ3n) is 2.33. The smallest absolute Gasteiger partial charge is 0.0702 e. The molecule has 0 radical (unpaired) electrons. The summed E-state index contributed by atoms with van der Waals surface area (Å²) < 4.78 is 0. The summed E-state index contributed by atoms with van der Waals surface area (Å²) in [7, 11) is 0. The normalized spacial score (nSPS) is 10.8. The van der Waals surface area contributed by atoms with Gasteiger partial charge in [0.2, 0.25) is 0 Å². The predicted molar refractivity (Wildman–Crippen MR) is 65.5 cm³/mol. The number of aromatic nitrogens is 1. The first-order valence-corrected chi connectivity index (χ1v) is 5.18. The molecular weight excluding hydrogens is 198 g/mol. The fourth-order valence-corrected chi connectivity index (χ4v) is 1.47. The number of nitrogens with zero attached hydrogens (tertiary/aromatic N) is 1. The highest BCUT2D eigenvalue weighted by atomic mass is 16.3. The zero-order chi connectivity index (χ0) is 11.2. The van der Waals surface area contributed by atoms with Crippen molar-refractivity contribution < 1.29 is 5.11 Å². The van der Waals surface area contributed by atoms with Crippen molar-refractivity contribution in [1.29, 1.82) is 0 Å². The first-order valence-electron chi connectivity index (χ1n) is 5.18. The van der Waals surface area contributed by atoms with Crippen LogP contribution in [0.2, 0.25) is 0 Å². The van der Waals surface area contributed by atoms with Crippen molar-refractivity contribution in [3.05, 3.63) is 65.5 Å². The number of hydrogen-bond donors (Lipinski definition) is 1. The van der Waals surface area contributed by atoms with Crippen molar-refractivity contribution in [3.63, 3.8) is 0 Å². The molecule has 1 aromatic carbocycles. The molecule has 0 aliphatic heterocycles. The second-order valence-corrected chi connectivity index (χ2v) is 3.45. The van der Waals surface area contributed by atoms with Crippen molar-refractivity contribution in [2.45, 2.75) is 6.61 Å². The first kappa shape index (κ1) is 10.6. The molecule has 2 heteroatoms. The van der Waals surface area contributed by atoms with Gasteiger partial charge in [0, 0.05) is 11.8 Å². The maximum atomic E-state index is 9.14. The summed E-state index contributed by atoms with van der Waals surface area (Å²) in [5.41, 5.74) is 2.78. The number of hydrogen-bond acceptors (Lipinski definition) is 2. The fourth-order valence-electron chi connectivity index (χ4n) is 1.47. The Balaban J connectivity index is 2.24. The lowest BCUT2D eigenvalue weighted by molar-refractivity contribution is 0.281. The topological polar surface area (TPSA) is 33.1 Å². The maximum absolute atomic E-state index is 9.14. The minimum atomic E-state index is 0.0162. The third kappa shape index (κ3) is 2.55. The summed E-state index contributed by atoms with van der Waals surface area (Å²) in [4.78, 5) is 4.22. The van der Waals surface area contributed by atoms with Crippen LogP contribution in [0, 0.1) is 0 Å². The fraction of sp³-hybridized carbons (Fsp3) is 0.0714. The minimum absolute atomic E-state index is 0.0162. The second kappa shape index (κ2) is 5.24. The molecule has 0 amide bonds. The molecule has 0 saturated carbocycles. The van der Waals surface area contributed by atoms with Crippen LogP contribution >= 0.6 is 0 Å². The van der Waals surface area contributed by atoms with Gasteiger partial charge < -0.3 is 5.11 Å². The average Bonchev–Trinajstić information content (AvgIpc) is 2.38. The van der Waals surface area contributed by atoms with Crippen LogP contribution in [0.25, 0.3) is 12.2 Å². The van der Waals surface area contributed by atoms with Gasteiger partial charge in [0.05, 0.1) is 12.3 Å². The van der Waals surface area contributed by atoms with E-state index in [2.05, 4.69) is 4.98 Å². The Hall–Kier alpha value is -1.93. The van der Waals surface area contributed by atoms with Gasteiger partial charge in [-0.3, -0.25) is 4.98 Å². The quantitative estimate of drug-likeness (QED) is 0.846. The Kier molecular flexibility index (Phi) is 3.46. The van der Waals surface area contributed by atoms with E-state index in [1.165, 1.54) is 0 Å². The van der Waals surface area contributed by atoms with Crippen LogP contribution in [0.1, 0.15) is 16.8 Å². The second-order valence-electron chi connectivity index (χ2n) is 3.45. The van der Waals surface area contributed by atoms with Gasteiger partial charge in [0.25, 0.3) is 0 Å². The largest absolute Gasteiger partial charge is 0.392 e. The van der Waals surface area contributed by atoms with Gasteiger partial charge in [0.1, 0.15) is 0 Å². The van der Waals surface area contributed by atoms with E-state index in [9.17, 15) is 0 Å². The summed E-state index contributed by atoms with van der Waals surface area (Å²) in [6.07, 6.45) is 5.63. The van der Waals surface area contributed by atoms with Gasteiger partial charge in [-0.05, 0) is 17.7 Å². The SMILES string of the molecule is OCc1cccnc1C=Cc1ccccc1. The summed E-state index contributed by atoms with van der Waals surface area (Å²) in [6, 6.07) is 13.7. The molecule has 1 heterocycles. The summed E-state index contributed by atoms with van der Waals surface area (Å²) >= 11 is 0. The zero-order valence-corrected chi connectivity index (χ0v) is 8.88. The highest BCUT2D eigenvalue weighted by molar-refractivity contribution is 5.69. The first-order chi connectivity index (χ1) is 7.90. The van der Waals surface area contributed by atoms with E-state index in [0.717, 1.165) is 16.8 Å². The molecule has 1 N–H and O–H groups in total. The van der Waals surface area contributed by atoms with Crippen molar-refractivity contribution in [3.8, 4) is 0 Å². The summed E-state index contributed by atoms with van der Waals surface area (Å²) in [5.74, 6) is 0. The monoisotopic (exact) mass is 211 g/mol. The molecule has 0 bridgehead atoms. The molecule has 80 valence electrons. The van der Waals surface area contributed by atoms with E-state index in [-0.39, 0.29) is 6.61 Å². The van der Waals surface area contributed by atoms with Crippen molar-refractivity contribution >= 4 is 12.2 Å². The number of benzene rings is 1. The number of pyridine rings is 1. The maximum Gasteiger partial charge on any atom is 0.0702 e. The Morgan fingerprint density at radius 2 is 1.81 bits per heavy atom. The van der Waals surface area contributed by atoms with Crippen LogP contribution in [0.5, 0.6) is 0 Å². The Bertz CT molecular complexity index is 477. The standard InChI is InChI=1S/C14H13NO/c16-11-13-7-4-10-15-14(13)9-8-12-5-2-1-3-6-12/h1-10,16H,11H2. The van der Waals surface area contributed by atoms with E-state index in [4.69, 9.17) is 5.11 Å². The molecule has 0 saturated heterocycles. The molecule has 2 nitrogen and oxygen atoms in total.